The number of carbonyl (C=O) groups is 1. The second kappa shape index (κ2) is 4.89. The zero-order valence-electron chi connectivity index (χ0n) is 11.5. The van der Waals surface area contributed by atoms with Crippen molar-refractivity contribution >= 4 is 17.3 Å². The molecule has 0 saturated heterocycles. The molecule has 0 aliphatic carbocycles. The van der Waals surface area contributed by atoms with Crippen LogP contribution in [0.2, 0.25) is 0 Å². The highest BCUT2D eigenvalue weighted by Crippen LogP contribution is 2.35. The van der Waals surface area contributed by atoms with Gasteiger partial charge >= 0.3 is 0 Å². The van der Waals surface area contributed by atoms with Crippen LogP contribution in [0.5, 0.6) is 5.75 Å². The molecule has 1 aliphatic rings. The van der Waals surface area contributed by atoms with Crippen molar-refractivity contribution in [1.82, 2.24) is 0 Å². The SMILES string of the molecule is CNc1cccc(-c2ccc3c(c2)N(C)C(=O)CO3)c1. The van der Waals surface area contributed by atoms with Crippen LogP contribution in [-0.4, -0.2) is 26.6 Å². The van der Waals surface area contributed by atoms with Crippen LogP contribution in [0.25, 0.3) is 11.1 Å². The van der Waals surface area contributed by atoms with Crippen molar-refractivity contribution in [2.75, 3.05) is 30.9 Å². The molecule has 0 bridgehead atoms. The van der Waals surface area contributed by atoms with E-state index >= 15 is 0 Å². The molecular formula is C16H16N2O2. The van der Waals surface area contributed by atoms with E-state index in [1.807, 2.05) is 43.4 Å². The Bertz CT molecular complexity index is 667. The highest BCUT2D eigenvalue weighted by atomic mass is 16.5. The van der Waals surface area contributed by atoms with Crippen LogP contribution in [0.15, 0.2) is 42.5 Å². The first kappa shape index (κ1) is 12.5. The Morgan fingerprint density at radius 3 is 2.75 bits per heavy atom. The number of carbonyl (C=O) groups excluding carboxylic acids is 1. The van der Waals surface area contributed by atoms with E-state index in [0.29, 0.717) is 0 Å². The maximum atomic E-state index is 11.7. The third-order valence-electron chi connectivity index (χ3n) is 3.53. The van der Waals surface area contributed by atoms with E-state index in [1.54, 1.807) is 11.9 Å². The minimum atomic E-state index is -0.0291. The Kier molecular flexibility index (Phi) is 3.06. The lowest BCUT2D eigenvalue weighted by Gasteiger charge is -2.26. The van der Waals surface area contributed by atoms with Gasteiger partial charge in [0.1, 0.15) is 5.75 Å². The van der Waals surface area contributed by atoms with Crippen molar-refractivity contribution in [3.8, 4) is 16.9 Å². The number of amides is 1. The quantitative estimate of drug-likeness (QED) is 0.910. The summed E-state index contributed by atoms with van der Waals surface area (Å²) in [6, 6.07) is 14.1. The lowest BCUT2D eigenvalue weighted by Crippen LogP contribution is -2.35. The third kappa shape index (κ3) is 2.09. The first-order chi connectivity index (χ1) is 9.69. The molecule has 102 valence electrons. The molecule has 1 N–H and O–H groups in total. The summed E-state index contributed by atoms with van der Waals surface area (Å²) >= 11 is 0. The van der Waals surface area contributed by atoms with Gasteiger partial charge in [0.25, 0.3) is 5.91 Å². The van der Waals surface area contributed by atoms with Gasteiger partial charge in [-0.15, -0.1) is 0 Å². The zero-order chi connectivity index (χ0) is 14.1. The summed E-state index contributed by atoms with van der Waals surface area (Å²) in [7, 11) is 3.67. The number of anilines is 2. The molecule has 1 amide bonds. The predicted molar refractivity (Wildman–Crippen MR) is 80.3 cm³/mol. The van der Waals surface area contributed by atoms with Gasteiger partial charge in [0.05, 0.1) is 5.69 Å². The number of benzene rings is 2. The molecule has 1 heterocycles. The second-order valence-corrected chi connectivity index (χ2v) is 4.75. The van der Waals surface area contributed by atoms with Crippen LogP contribution < -0.4 is 15.0 Å². The Morgan fingerprint density at radius 1 is 1.15 bits per heavy atom. The predicted octanol–water partition coefficient (Wildman–Crippen LogP) is 2.75. The summed E-state index contributed by atoms with van der Waals surface area (Å²) in [5.41, 5.74) is 4.03. The van der Waals surface area contributed by atoms with Crippen LogP contribution in [0.4, 0.5) is 11.4 Å². The van der Waals surface area contributed by atoms with Crippen LogP contribution >= 0.6 is 0 Å². The number of likely N-dealkylation sites (N-methyl/N-ethyl adjacent to an activating group) is 1. The normalized spacial score (nSPS) is 13.7. The molecule has 4 nitrogen and oxygen atoms in total. The van der Waals surface area contributed by atoms with Crippen molar-refractivity contribution in [2.45, 2.75) is 0 Å². The fourth-order valence-electron chi connectivity index (χ4n) is 2.31. The van der Waals surface area contributed by atoms with Gasteiger partial charge in [-0.3, -0.25) is 4.79 Å². The molecule has 0 spiro atoms. The first-order valence-corrected chi connectivity index (χ1v) is 6.50. The van der Waals surface area contributed by atoms with Crippen LogP contribution in [0, 0.1) is 0 Å². The highest BCUT2D eigenvalue weighted by Gasteiger charge is 2.22. The average Bonchev–Trinajstić information content (AvgIpc) is 2.51. The Balaban J connectivity index is 2.05. The maximum absolute atomic E-state index is 11.7. The fourth-order valence-corrected chi connectivity index (χ4v) is 2.31. The van der Waals surface area contributed by atoms with Crippen molar-refractivity contribution in [1.29, 1.82) is 0 Å². The van der Waals surface area contributed by atoms with Crippen molar-refractivity contribution < 1.29 is 9.53 Å². The Labute approximate surface area is 118 Å². The number of rotatable bonds is 2. The molecule has 3 rings (SSSR count). The summed E-state index contributed by atoms with van der Waals surface area (Å²) in [6.45, 7) is 0.109. The van der Waals surface area contributed by atoms with E-state index in [4.69, 9.17) is 4.74 Å². The first-order valence-electron chi connectivity index (χ1n) is 6.50. The van der Waals surface area contributed by atoms with E-state index in [1.165, 1.54) is 0 Å². The van der Waals surface area contributed by atoms with Gasteiger partial charge in [-0.05, 0) is 35.4 Å². The summed E-state index contributed by atoms with van der Waals surface area (Å²) in [4.78, 5) is 13.3. The Morgan fingerprint density at radius 2 is 1.95 bits per heavy atom. The number of nitrogens with one attached hydrogen (secondary N) is 1. The van der Waals surface area contributed by atoms with E-state index < -0.39 is 0 Å². The summed E-state index contributed by atoms with van der Waals surface area (Å²) in [6.07, 6.45) is 0. The molecule has 0 radical (unpaired) electrons. The monoisotopic (exact) mass is 268 g/mol. The average molecular weight is 268 g/mol. The summed E-state index contributed by atoms with van der Waals surface area (Å²) in [5.74, 6) is 0.722. The topological polar surface area (TPSA) is 41.6 Å². The van der Waals surface area contributed by atoms with E-state index in [0.717, 1.165) is 28.3 Å². The minimum absolute atomic E-state index is 0.0291. The van der Waals surface area contributed by atoms with Gasteiger partial charge < -0.3 is 15.0 Å². The van der Waals surface area contributed by atoms with E-state index in [2.05, 4.69) is 11.4 Å². The van der Waals surface area contributed by atoms with Gasteiger partial charge in [0.2, 0.25) is 0 Å². The maximum Gasteiger partial charge on any atom is 0.264 e. The number of ether oxygens (including phenoxy) is 1. The molecule has 2 aromatic carbocycles. The van der Waals surface area contributed by atoms with Crippen molar-refractivity contribution in [3.63, 3.8) is 0 Å². The smallest absolute Gasteiger partial charge is 0.264 e. The van der Waals surface area contributed by atoms with Gasteiger partial charge in [0.15, 0.2) is 6.61 Å². The number of nitrogens with zero attached hydrogens (tertiary/aromatic N) is 1. The number of hydrogen-bond acceptors (Lipinski definition) is 3. The molecule has 0 aromatic heterocycles. The van der Waals surface area contributed by atoms with Gasteiger partial charge in [-0.1, -0.05) is 18.2 Å². The molecule has 0 saturated carbocycles. The lowest BCUT2D eigenvalue weighted by atomic mass is 10.0. The van der Waals surface area contributed by atoms with Gasteiger partial charge in [0, 0.05) is 19.8 Å². The molecule has 4 heteroatoms. The standard InChI is InChI=1S/C16H16N2O2/c1-17-13-5-3-4-11(8-13)12-6-7-15-14(9-12)18(2)16(19)10-20-15/h3-9,17H,10H2,1-2H3. The molecular weight excluding hydrogens is 252 g/mol. The zero-order valence-corrected chi connectivity index (χ0v) is 11.5. The lowest BCUT2D eigenvalue weighted by molar-refractivity contribution is -0.120. The van der Waals surface area contributed by atoms with Crippen LogP contribution in [0.3, 0.4) is 0 Å². The molecule has 0 fully saturated rings. The Hall–Kier alpha value is -2.49. The largest absolute Gasteiger partial charge is 0.482 e. The van der Waals surface area contributed by atoms with Crippen LogP contribution in [0.1, 0.15) is 0 Å². The van der Waals surface area contributed by atoms with Crippen molar-refractivity contribution in [2.24, 2.45) is 0 Å². The van der Waals surface area contributed by atoms with Crippen LogP contribution in [-0.2, 0) is 4.79 Å². The molecule has 20 heavy (non-hydrogen) atoms. The molecule has 2 aromatic rings. The second-order valence-electron chi connectivity index (χ2n) is 4.75. The number of fused-ring (bicyclic) bond motifs is 1. The van der Waals surface area contributed by atoms with Gasteiger partial charge in [-0.25, -0.2) is 0 Å². The molecule has 1 aliphatic heterocycles. The van der Waals surface area contributed by atoms with Crippen molar-refractivity contribution in [3.05, 3.63) is 42.5 Å². The summed E-state index contributed by atoms with van der Waals surface area (Å²) < 4.78 is 5.44. The third-order valence-corrected chi connectivity index (χ3v) is 3.53. The fraction of sp³-hybridized carbons (Fsp3) is 0.188. The van der Waals surface area contributed by atoms with Gasteiger partial charge in [-0.2, -0.15) is 0 Å². The number of hydrogen-bond donors (Lipinski definition) is 1. The highest BCUT2D eigenvalue weighted by molar-refractivity contribution is 5.98. The van der Waals surface area contributed by atoms with E-state index in [-0.39, 0.29) is 12.5 Å². The molecule has 0 unspecified atom stereocenters. The minimum Gasteiger partial charge on any atom is -0.482 e. The van der Waals surface area contributed by atoms with E-state index in [9.17, 15) is 4.79 Å². The molecule has 0 atom stereocenters. The summed E-state index contributed by atoms with van der Waals surface area (Å²) in [5, 5.41) is 3.13.